The second kappa shape index (κ2) is 11.1. The van der Waals surface area contributed by atoms with E-state index in [0.29, 0.717) is 19.0 Å². The van der Waals surface area contributed by atoms with E-state index in [2.05, 4.69) is 21.7 Å². The Hall–Kier alpha value is -0.470. The Morgan fingerprint density at radius 1 is 1.29 bits per heavy atom. The number of hydrogen-bond acceptors (Lipinski definition) is 1. The van der Waals surface area contributed by atoms with Gasteiger partial charge in [-0.1, -0.05) is 11.6 Å². The fourth-order valence-electron chi connectivity index (χ4n) is 2.11. The molecule has 0 spiro atoms. The first kappa shape index (κ1) is 20.5. The van der Waals surface area contributed by atoms with Gasteiger partial charge in [-0.3, -0.25) is 4.99 Å². The van der Waals surface area contributed by atoms with Crippen LogP contribution in [0, 0.1) is 0 Å². The summed E-state index contributed by atoms with van der Waals surface area (Å²) in [6.45, 7) is 3.01. The predicted octanol–water partition coefficient (Wildman–Crippen LogP) is 4.00. The minimum atomic E-state index is -4.15. The Kier molecular flexibility index (Phi) is 10.9. The fourth-order valence-corrected chi connectivity index (χ4v) is 2.11. The highest BCUT2D eigenvalue weighted by Crippen LogP contribution is 2.20. The van der Waals surface area contributed by atoms with Gasteiger partial charge in [0, 0.05) is 13.1 Å². The van der Waals surface area contributed by atoms with Crippen molar-refractivity contribution in [3.63, 3.8) is 0 Å². The molecule has 0 atom stereocenters. The summed E-state index contributed by atoms with van der Waals surface area (Å²) in [6.07, 6.45) is 2.98. The molecule has 0 saturated carbocycles. The number of alkyl halides is 3. The molecule has 7 heteroatoms. The molecule has 0 aliphatic heterocycles. The average molecular weight is 419 g/mol. The Labute approximate surface area is 141 Å². The quantitative estimate of drug-likeness (QED) is 0.296. The van der Waals surface area contributed by atoms with Gasteiger partial charge < -0.3 is 10.6 Å². The molecule has 1 aliphatic rings. The first-order chi connectivity index (χ1) is 9.51. The molecule has 3 nitrogen and oxygen atoms in total. The molecule has 124 valence electrons. The summed E-state index contributed by atoms with van der Waals surface area (Å²) in [7, 11) is 0. The number of hydrogen-bond donors (Lipinski definition) is 2. The predicted molar refractivity (Wildman–Crippen MR) is 91.2 cm³/mol. The Bertz CT molecular complexity index is 341. The van der Waals surface area contributed by atoms with Crippen LogP contribution in [0.5, 0.6) is 0 Å². The van der Waals surface area contributed by atoms with E-state index in [1.165, 1.54) is 18.4 Å². The normalized spacial score (nSPS) is 16.0. The topological polar surface area (TPSA) is 36.4 Å². The fraction of sp³-hybridized carbons (Fsp3) is 0.786. The number of halogens is 4. The van der Waals surface area contributed by atoms with Gasteiger partial charge >= 0.3 is 6.18 Å². The minimum Gasteiger partial charge on any atom is -0.357 e. The molecule has 0 unspecified atom stereocenters. The number of nitrogens with zero attached hydrogens (tertiary/aromatic N) is 1. The minimum absolute atomic E-state index is 0. The van der Waals surface area contributed by atoms with Crippen LogP contribution in [0.15, 0.2) is 16.6 Å². The smallest absolute Gasteiger partial charge is 0.357 e. The summed E-state index contributed by atoms with van der Waals surface area (Å²) in [5.74, 6) is 0.466. The second-order valence-electron chi connectivity index (χ2n) is 4.91. The molecule has 2 N–H and O–H groups in total. The lowest BCUT2D eigenvalue weighted by Gasteiger charge is -2.15. The lowest BCUT2D eigenvalue weighted by Crippen LogP contribution is -2.38. The monoisotopic (exact) mass is 419 g/mol. The molecule has 0 saturated heterocycles. The summed E-state index contributed by atoms with van der Waals surface area (Å²) < 4.78 is 36.2. The summed E-state index contributed by atoms with van der Waals surface area (Å²) in [5.41, 5.74) is 1.44. The van der Waals surface area contributed by atoms with Gasteiger partial charge in [0.1, 0.15) is 0 Å². The summed E-state index contributed by atoms with van der Waals surface area (Å²) in [6, 6.07) is 0. The average Bonchev–Trinajstić information content (AvgIpc) is 2.38. The molecule has 0 radical (unpaired) electrons. The number of aliphatic imine (C=N–C) groups is 1. The zero-order valence-electron chi connectivity index (χ0n) is 12.4. The van der Waals surface area contributed by atoms with Gasteiger partial charge in [-0.2, -0.15) is 13.2 Å². The van der Waals surface area contributed by atoms with Crippen LogP contribution < -0.4 is 10.6 Å². The second-order valence-corrected chi connectivity index (χ2v) is 4.91. The third-order valence-corrected chi connectivity index (χ3v) is 3.13. The third kappa shape index (κ3) is 10.8. The third-order valence-electron chi connectivity index (χ3n) is 3.13. The van der Waals surface area contributed by atoms with Gasteiger partial charge in [0.15, 0.2) is 5.96 Å². The van der Waals surface area contributed by atoms with Crippen LogP contribution >= 0.6 is 24.0 Å². The Morgan fingerprint density at radius 2 is 2.05 bits per heavy atom. The highest BCUT2D eigenvalue weighted by atomic mass is 127. The zero-order valence-corrected chi connectivity index (χ0v) is 14.8. The van der Waals surface area contributed by atoms with E-state index in [4.69, 9.17) is 0 Å². The van der Waals surface area contributed by atoms with Crippen molar-refractivity contribution >= 4 is 29.9 Å². The largest absolute Gasteiger partial charge is 0.390 e. The molecule has 0 aromatic rings. The van der Waals surface area contributed by atoms with Crippen molar-refractivity contribution < 1.29 is 13.2 Å². The number of rotatable bonds is 6. The molecule has 0 aromatic heterocycles. The van der Waals surface area contributed by atoms with Crippen LogP contribution in [-0.4, -0.2) is 31.8 Å². The van der Waals surface area contributed by atoms with Crippen LogP contribution in [0.1, 0.15) is 45.4 Å². The zero-order chi connectivity index (χ0) is 14.8. The van der Waals surface area contributed by atoms with Crippen molar-refractivity contribution in [1.29, 1.82) is 0 Å². The van der Waals surface area contributed by atoms with E-state index in [9.17, 15) is 13.2 Å². The maximum atomic E-state index is 12.1. The van der Waals surface area contributed by atoms with Crippen LogP contribution in [0.3, 0.4) is 0 Å². The van der Waals surface area contributed by atoms with Crippen LogP contribution in [-0.2, 0) is 0 Å². The van der Waals surface area contributed by atoms with Gasteiger partial charge in [-0.15, -0.1) is 24.0 Å². The van der Waals surface area contributed by atoms with Gasteiger partial charge in [-0.25, -0.2) is 0 Å². The molecule has 21 heavy (non-hydrogen) atoms. The van der Waals surface area contributed by atoms with E-state index in [-0.39, 0.29) is 30.5 Å². The van der Waals surface area contributed by atoms with Crippen molar-refractivity contribution in [2.24, 2.45) is 4.99 Å². The molecule has 1 aliphatic carbocycles. The van der Waals surface area contributed by atoms with Gasteiger partial charge in [0.2, 0.25) is 0 Å². The highest BCUT2D eigenvalue weighted by Gasteiger charge is 2.26. The first-order valence-corrected chi connectivity index (χ1v) is 7.28. The maximum Gasteiger partial charge on any atom is 0.390 e. The maximum absolute atomic E-state index is 12.1. The molecular formula is C14H25F3IN3. The lowest BCUT2D eigenvalue weighted by atomic mass is 9.97. The molecule has 0 fully saturated rings. The van der Waals surface area contributed by atoms with E-state index in [1.807, 2.05) is 6.92 Å². The van der Waals surface area contributed by atoms with Crippen molar-refractivity contribution in [2.75, 3.05) is 19.6 Å². The molecule has 1 rings (SSSR count). The van der Waals surface area contributed by atoms with Crippen molar-refractivity contribution in [3.05, 3.63) is 11.6 Å². The van der Waals surface area contributed by atoms with Gasteiger partial charge in [0.05, 0.1) is 13.0 Å². The lowest BCUT2D eigenvalue weighted by molar-refractivity contribution is -0.132. The summed E-state index contributed by atoms with van der Waals surface area (Å²) >= 11 is 0. The van der Waals surface area contributed by atoms with Crippen LogP contribution in [0.25, 0.3) is 0 Å². The van der Waals surface area contributed by atoms with Crippen molar-refractivity contribution in [3.8, 4) is 0 Å². The standard InChI is InChI=1S/C14H24F3N3.HI/c1-2-18-13(20-11-9-14(15,16)17)19-10-8-12-6-4-3-5-7-12;/h6H,2-5,7-11H2,1H3,(H2,18,19,20);1H. The molecule has 0 heterocycles. The molecule has 0 bridgehead atoms. The summed E-state index contributed by atoms with van der Waals surface area (Å²) in [4.78, 5) is 3.94. The number of guanidine groups is 1. The highest BCUT2D eigenvalue weighted by molar-refractivity contribution is 14.0. The number of allylic oxidation sites excluding steroid dienone is 1. The Balaban J connectivity index is 0.00000400. The van der Waals surface area contributed by atoms with Crippen molar-refractivity contribution in [2.45, 2.75) is 51.6 Å². The van der Waals surface area contributed by atoms with E-state index in [0.717, 1.165) is 19.3 Å². The molecular weight excluding hydrogens is 394 g/mol. The van der Waals surface area contributed by atoms with E-state index >= 15 is 0 Å². The van der Waals surface area contributed by atoms with E-state index in [1.54, 1.807) is 0 Å². The van der Waals surface area contributed by atoms with Gasteiger partial charge in [-0.05, 0) is 39.0 Å². The molecule has 0 amide bonds. The van der Waals surface area contributed by atoms with Crippen LogP contribution in [0.2, 0.25) is 0 Å². The molecule has 0 aromatic carbocycles. The number of nitrogens with one attached hydrogen (secondary N) is 2. The van der Waals surface area contributed by atoms with Crippen molar-refractivity contribution in [1.82, 2.24) is 10.6 Å². The van der Waals surface area contributed by atoms with Crippen LogP contribution in [0.4, 0.5) is 13.2 Å². The van der Waals surface area contributed by atoms with Gasteiger partial charge in [0.25, 0.3) is 0 Å². The Morgan fingerprint density at radius 3 is 2.62 bits per heavy atom. The first-order valence-electron chi connectivity index (χ1n) is 7.28. The SMILES string of the molecule is CCNC(=NCCC(F)(F)F)NCCC1=CCCCC1.I. The summed E-state index contributed by atoms with van der Waals surface area (Å²) in [5, 5.41) is 6.04. The van der Waals surface area contributed by atoms with E-state index < -0.39 is 12.6 Å².